The van der Waals surface area contributed by atoms with Gasteiger partial charge in [-0.25, -0.2) is 0 Å². The minimum absolute atomic E-state index is 0.105. The zero-order valence-corrected chi connectivity index (χ0v) is 9.77. The largest absolute Gasteiger partial charge is 0.481 e. The van der Waals surface area contributed by atoms with Gasteiger partial charge in [0.2, 0.25) is 17.7 Å². The molecule has 1 rings (SSSR count). The predicted molar refractivity (Wildman–Crippen MR) is 60.5 cm³/mol. The molecule has 0 fully saturated rings. The Bertz CT molecular complexity index is 362. The number of methoxy groups -OCH3 is 2. The van der Waals surface area contributed by atoms with Gasteiger partial charge in [-0.15, -0.1) is 0 Å². The second-order valence-corrected chi connectivity index (χ2v) is 3.20. The topological polar surface area (TPSA) is 93.6 Å². The van der Waals surface area contributed by atoms with E-state index in [0.29, 0.717) is 30.7 Å². The van der Waals surface area contributed by atoms with Gasteiger partial charge in [-0.2, -0.15) is 9.97 Å². The van der Waals surface area contributed by atoms with Gasteiger partial charge < -0.3 is 19.9 Å². The first-order valence-electron chi connectivity index (χ1n) is 5.08. The summed E-state index contributed by atoms with van der Waals surface area (Å²) in [5, 5.41) is 11.4. The van der Waals surface area contributed by atoms with Gasteiger partial charge >= 0.3 is 5.97 Å². The van der Waals surface area contributed by atoms with Crippen molar-refractivity contribution < 1.29 is 19.4 Å². The summed E-state index contributed by atoms with van der Waals surface area (Å²) >= 11 is 0. The van der Waals surface area contributed by atoms with E-state index < -0.39 is 5.97 Å². The Morgan fingerprint density at radius 1 is 1.35 bits per heavy atom. The predicted octanol–water partition coefficient (Wildman–Crippen LogP) is 0.770. The zero-order valence-electron chi connectivity index (χ0n) is 9.77. The van der Waals surface area contributed by atoms with Crippen molar-refractivity contribution in [3.8, 4) is 11.8 Å². The zero-order chi connectivity index (χ0) is 12.7. The maximum absolute atomic E-state index is 10.3. The molecule has 1 heterocycles. The van der Waals surface area contributed by atoms with E-state index in [9.17, 15) is 4.79 Å². The van der Waals surface area contributed by atoms with Crippen LogP contribution >= 0.6 is 0 Å². The lowest BCUT2D eigenvalue weighted by molar-refractivity contribution is -0.137. The first-order chi connectivity index (χ1) is 8.15. The molecule has 0 radical (unpaired) electrons. The molecule has 7 nitrogen and oxygen atoms in total. The fourth-order valence-electron chi connectivity index (χ4n) is 1.13. The highest BCUT2D eigenvalue weighted by Crippen LogP contribution is 2.17. The molecule has 7 heteroatoms. The maximum Gasteiger partial charge on any atom is 0.303 e. The van der Waals surface area contributed by atoms with Crippen molar-refractivity contribution in [1.82, 2.24) is 9.97 Å². The molecule has 0 saturated heterocycles. The number of nitrogens with one attached hydrogen (secondary N) is 1. The minimum Gasteiger partial charge on any atom is -0.481 e. The van der Waals surface area contributed by atoms with Crippen LogP contribution in [0, 0.1) is 0 Å². The number of hydrogen-bond acceptors (Lipinski definition) is 6. The maximum atomic E-state index is 10.3. The molecule has 0 aliphatic heterocycles. The molecule has 0 atom stereocenters. The van der Waals surface area contributed by atoms with Gasteiger partial charge in [-0.1, -0.05) is 0 Å². The standard InChI is InChI=1S/C10H15N3O4/c1-16-7-6-8(17-2)13-10(12-7)11-5-3-4-9(14)15/h6H,3-5H2,1-2H3,(H,14,15)(H,11,12,13). The number of aromatic nitrogens is 2. The third-order valence-corrected chi connectivity index (χ3v) is 1.95. The molecule has 1 aromatic rings. The molecule has 0 aromatic carbocycles. The van der Waals surface area contributed by atoms with Gasteiger partial charge in [0.15, 0.2) is 0 Å². The van der Waals surface area contributed by atoms with Crippen LogP contribution < -0.4 is 14.8 Å². The lowest BCUT2D eigenvalue weighted by Gasteiger charge is -2.07. The molecular formula is C10H15N3O4. The molecule has 0 spiro atoms. The number of carboxylic acid groups (broad SMARTS) is 1. The van der Waals surface area contributed by atoms with Gasteiger partial charge in [-0.3, -0.25) is 4.79 Å². The van der Waals surface area contributed by atoms with E-state index in [1.165, 1.54) is 14.2 Å². The number of hydrogen-bond donors (Lipinski definition) is 2. The molecule has 0 bridgehead atoms. The van der Waals surface area contributed by atoms with Crippen LogP contribution in [0.3, 0.4) is 0 Å². The smallest absolute Gasteiger partial charge is 0.303 e. The summed E-state index contributed by atoms with van der Waals surface area (Å²) in [7, 11) is 2.99. The monoisotopic (exact) mass is 241 g/mol. The van der Waals surface area contributed by atoms with Crippen LogP contribution in [-0.4, -0.2) is 41.8 Å². The molecule has 0 aliphatic carbocycles. The van der Waals surface area contributed by atoms with Crippen LogP contribution in [0.2, 0.25) is 0 Å². The molecule has 17 heavy (non-hydrogen) atoms. The number of ether oxygens (including phenoxy) is 2. The van der Waals surface area contributed by atoms with Crippen molar-refractivity contribution in [2.75, 3.05) is 26.1 Å². The highest BCUT2D eigenvalue weighted by atomic mass is 16.5. The summed E-state index contributed by atoms with van der Waals surface area (Å²) < 4.78 is 9.95. The van der Waals surface area contributed by atoms with Crippen LogP contribution in [0.15, 0.2) is 6.07 Å². The van der Waals surface area contributed by atoms with Crippen LogP contribution in [-0.2, 0) is 4.79 Å². The summed E-state index contributed by atoms with van der Waals surface area (Å²) in [5.41, 5.74) is 0. The highest BCUT2D eigenvalue weighted by molar-refractivity contribution is 5.66. The van der Waals surface area contributed by atoms with E-state index in [2.05, 4.69) is 15.3 Å². The third kappa shape index (κ3) is 4.54. The number of aliphatic carboxylic acids is 1. The Hall–Kier alpha value is -2.05. The number of carbonyl (C=O) groups is 1. The molecule has 2 N–H and O–H groups in total. The fraction of sp³-hybridized carbons (Fsp3) is 0.500. The summed E-state index contributed by atoms with van der Waals surface area (Å²) in [5.74, 6) is 0.303. The van der Waals surface area contributed by atoms with E-state index >= 15 is 0 Å². The quantitative estimate of drug-likeness (QED) is 0.681. The Morgan fingerprint density at radius 3 is 2.41 bits per heavy atom. The average molecular weight is 241 g/mol. The Balaban J connectivity index is 2.54. The van der Waals surface area contributed by atoms with Crippen molar-refractivity contribution >= 4 is 11.9 Å². The molecule has 0 aliphatic rings. The van der Waals surface area contributed by atoms with Gasteiger partial charge in [0, 0.05) is 13.0 Å². The minimum atomic E-state index is -0.823. The summed E-state index contributed by atoms with van der Waals surface area (Å²) in [6.07, 6.45) is 0.603. The average Bonchev–Trinajstić information content (AvgIpc) is 2.34. The van der Waals surface area contributed by atoms with Crippen LogP contribution in [0.5, 0.6) is 11.8 Å². The van der Waals surface area contributed by atoms with E-state index in [0.717, 1.165) is 0 Å². The van der Waals surface area contributed by atoms with E-state index in [4.69, 9.17) is 14.6 Å². The molecular weight excluding hydrogens is 226 g/mol. The first kappa shape index (κ1) is 13.0. The molecule has 0 unspecified atom stereocenters. The molecule has 0 amide bonds. The Kier molecular flexibility index (Phi) is 4.99. The third-order valence-electron chi connectivity index (χ3n) is 1.95. The molecule has 94 valence electrons. The Morgan fingerprint density at radius 2 is 1.94 bits per heavy atom. The molecule has 1 aromatic heterocycles. The summed E-state index contributed by atoms with van der Waals surface area (Å²) in [4.78, 5) is 18.4. The normalized spacial score (nSPS) is 9.76. The highest BCUT2D eigenvalue weighted by Gasteiger charge is 2.04. The first-order valence-corrected chi connectivity index (χ1v) is 5.08. The van der Waals surface area contributed by atoms with E-state index in [-0.39, 0.29) is 6.42 Å². The Labute approximate surface area is 98.8 Å². The second-order valence-electron chi connectivity index (χ2n) is 3.20. The SMILES string of the molecule is COc1cc(OC)nc(NCCCC(=O)O)n1. The number of rotatable bonds is 7. The van der Waals surface area contributed by atoms with Crippen LogP contribution in [0.25, 0.3) is 0 Å². The number of carboxylic acids is 1. The summed E-state index contributed by atoms with van der Waals surface area (Å²) in [6.45, 7) is 0.475. The van der Waals surface area contributed by atoms with Gasteiger partial charge in [0.1, 0.15) is 0 Å². The lowest BCUT2D eigenvalue weighted by Crippen LogP contribution is -2.08. The van der Waals surface area contributed by atoms with Crippen molar-refractivity contribution in [2.24, 2.45) is 0 Å². The van der Waals surface area contributed by atoms with Crippen LogP contribution in [0.1, 0.15) is 12.8 Å². The van der Waals surface area contributed by atoms with Crippen LogP contribution in [0.4, 0.5) is 5.95 Å². The van der Waals surface area contributed by atoms with Crippen molar-refractivity contribution in [3.05, 3.63) is 6.07 Å². The van der Waals surface area contributed by atoms with E-state index in [1.54, 1.807) is 6.07 Å². The van der Waals surface area contributed by atoms with Gasteiger partial charge in [-0.05, 0) is 6.42 Å². The second kappa shape index (κ2) is 6.51. The number of anilines is 1. The van der Waals surface area contributed by atoms with E-state index in [1.807, 2.05) is 0 Å². The van der Waals surface area contributed by atoms with Crippen molar-refractivity contribution in [3.63, 3.8) is 0 Å². The number of nitrogens with zero attached hydrogens (tertiary/aromatic N) is 2. The summed E-state index contributed by atoms with van der Waals surface area (Å²) in [6, 6.07) is 1.56. The lowest BCUT2D eigenvalue weighted by atomic mass is 10.3. The van der Waals surface area contributed by atoms with Gasteiger partial charge in [0.25, 0.3) is 0 Å². The van der Waals surface area contributed by atoms with Gasteiger partial charge in [0.05, 0.1) is 20.3 Å². The fourth-order valence-corrected chi connectivity index (χ4v) is 1.13. The van der Waals surface area contributed by atoms with Crippen molar-refractivity contribution in [1.29, 1.82) is 0 Å². The van der Waals surface area contributed by atoms with Crippen molar-refractivity contribution in [2.45, 2.75) is 12.8 Å². The molecule has 0 saturated carbocycles.